The standard InChI is InChI=1S/C23H19NO3S/c1-14(2)15-5-7-16(8-6-15)21-13-19(25)18-12-17(9-10-20(18)27-21)24-23(26)22-4-3-11-28-22/h3-14H,1-2H3,(H,24,26). The predicted molar refractivity (Wildman–Crippen MR) is 114 cm³/mol. The molecule has 1 N–H and O–H groups in total. The average molecular weight is 389 g/mol. The summed E-state index contributed by atoms with van der Waals surface area (Å²) in [5.41, 5.74) is 3.00. The maximum atomic E-state index is 12.6. The van der Waals surface area contributed by atoms with Crippen molar-refractivity contribution in [2.75, 3.05) is 5.32 Å². The average Bonchev–Trinajstić information content (AvgIpc) is 3.23. The summed E-state index contributed by atoms with van der Waals surface area (Å²) in [6.45, 7) is 4.28. The van der Waals surface area contributed by atoms with Crippen molar-refractivity contribution in [1.82, 2.24) is 0 Å². The summed E-state index contributed by atoms with van der Waals surface area (Å²) in [4.78, 5) is 25.5. The van der Waals surface area contributed by atoms with Gasteiger partial charge >= 0.3 is 0 Å². The van der Waals surface area contributed by atoms with Crippen molar-refractivity contribution in [3.63, 3.8) is 0 Å². The van der Waals surface area contributed by atoms with Gasteiger partial charge in [0, 0.05) is 17.3 Å². The van der Waals surface area contributed by atoms with E-state index < -0.39 is 0 Å². The Morgan fingerprint density at radius 1 is 1.04 bits per heavy atom. The Hall–Kier alpha value is -3.18. The first kappa shape index (κ1) is 18.2. The van der Waals surface area contributed by atoms with Crippen LogP contribution >= 0.6 is 11.3 Å². The molecule has 0 spiro atoms. The van der Waals surface area contributed by atoms with Crippen LogP contribution in [0.15, 0.2) is 75.3 Å². The van der Waals surface area contributed by atoms with Gasteiger partial charge in [0.15, 0.2) is 5.43 Å². The Balaban J connectivity index is 1.66. The number of nitrogens with one attached hydrogen (secondary N) is 1. The lowest BCUT2D eigenvalue weighted by Crippen LogP contribution is -2.10. The molecule has 2 heterocycles. The molecule has 0 aliphatic rings. The van der Waals surface area contributed by atoms with Gasteiger partial charge in [-0.2, -0.15) is 0 Å². The summed E-state index contributed by atoms with van der Waals surface area (Å²) in [5.74, 6) is 0.782. The molecule has 0 atom stereocenters. The molecule has 4 aromatic rings. The fourth-order valence-electron chi connectivity index (χ4n) is 3.01. The third kappa shape index (κ3) is 3.62. The zero-order chi connectivity index (χ0) is 19.7. The molecule has 0 aliphatic carbocycles. The van der Waals surface area contributed by atoms with E-state index in [2.05, 4.69) is 19.2 Å². The number of carbonyl (C=O) groups excluding carboxylic acids is 1. The molecule has 4 nitrogen and oxygen atoms in total. The van der Waals surface area contributed by atoms with Gasteiger partial charge in [0.05, 0.1) is 10.3 Å². The third-order valence-corrected chi connectivity index (χ3v) is 5.46. The first-order valence-corrected chi connectivity index (χ1v) is 9.92. The molecule has 0 unspecified atom stereocenters. The van der Waals surface area contributed by atoms with Crippen LogP contribution in [0.4, 0.5) is 5.69 Å². The number of amides is 1. The SMILES string of the molecule is CC(C)c1ccc(-c2cc(=O)c3cc(NC(=O)c4cccs4)ccc3o2)cc1. The molecule has 2 aromatic heterocycles. The van der Waals surface area contributed by atoms with E-state index in [4.69, 9.17) is 4.42 Å². The van der Waals surface area contributed by atoms with Crippen molar-refractivity contribution in [3.8, 4) is 11.3 Å². The number of hydrogen-bond acceptors (Lipinski definition) is 4. The molecule has 4 rings (SSSR count). The van der Waals surface area contributed by atoms with E-state index in [9.17, 15) is 9.59 Å². The van der Waals surface area contributed by atoms with Crippen LogP contribution in [0.25, 0.3) is 22.3 Å². The molecule has 140 valence electrons. The lowest BCUT2D eigenvalue weighted by atomic mass is 10.0. The molecular formula is C23H19NO3S. The van der Waals surface area contributed by atoms with Crippen LogP contribution in [0.5, 0.6) is 0 Å². The number of thiophene rings is 1. The second-order valence-corrected chi connectivity index (χ2v) is 7.84. The molecule has 0 saturated carbocycles. The maximum absolute atomic E-state index is 12.6. The van der Waals surface area contributed by atoms with E-state index in [1.165, 1.54) is 23.0 Å². The summed E-state index contributed by atoms with van der Waals surface area (Å²) in [5, 5.41) is 5.10. The van der Waals surface area contributed by atoms with Crippen LogP contribution in [0.3, 0.4) is 0 Å². The second kappa shape index (κ2) is 7.44. The Kier molecular flexibility index (Phi) is 4.84. The Morgan fingerprint density at radius 2 is 1.82 bits per heavy atom. The topological polar surface area (TPSA) is 59.3 Å². The summed E-state index contributed by atoms with van der Waals surface area (Å²) in [6.07, 6.45) is 0. The zero-order valence-electron chi connectivity index (χ0n) is 15.6. The van der Waals surface area contributed by atoms with E-state index in [1.54, 1.807) is 24.3 Å². The molecular weight excluding hydrogens is 370 g/mol. The van der Waals surface area contributed by atoms with Gasteiger partial charge < -0.3 is 9.73 Å². The van der Waals surface area contributed by atoms with Crippen LogP contribution < -0.4 is 10.7 Å². The van der Waals surface area contributed by atoms with Crippen molar-refractivity contribution in [3.05, 3.63) is 86.7 Å². The van der Waals surface area contributed by atoms with Crippen LogP contribution in [-0.4, -0.2) is 5.91 Å². The number of benzene rings is 2. The molecule has 0 aliphatic heterocycles. The highest BCUT2D eigenvalue weighted by Gasteiger charge is 2.11. The van der Waals surface area contributed by atoms with Crippen molar-refractivity contribution in [2.45, 2.75) is 19.8 Å². The zero-order valence-corrected chi connectivity index (χ0v) is 16.4. The van der Waals surface area contributed by atoms with Gasteiger partial charge in [-0.3, -0.25) is 9.59 Å². The van der Waals surface area contributed by atoms with Crippen LogP contribution in [-0.2, 0) is 0 Å². The fourth-order valence-corrected chi connectivity index (χ4v) is 3.63. The van der Waals surface area contributed by atoms with Crippen LogP contribution in [0.2, 0.25) is 0 Å². The summed E-state index contributed by atoms with van der Waals surface area (Å²) < 4.78 is 5.95. The first-order valence-electron chi connectivity index (χ1n) is 9.04. The Morgan fingerprint density at radius 3 is 2.50 bits per heavy atom. The van der Waals surface area contributed by atoms with E-state index >= 15 is 0 Å². The first-order chi connectivity index (χ1) is 13.5. The van der Waals surface area contributed by atoms with E-state index in [0.717, 1.165) is 5.56 Å². The van der Waals surface area contributed by atoms with Crippen LogP contribution in [0, 0.1) is 0 Å². The van der Waals surface area contributed by atoms with Gasteiger partial charge in [-0.05, 0) is 41.1 Å². The summed E-state index contributed by atoms with van der Waals surface area (Å²) >= 11 is 1.37. The van der Waals surface area contributed by atoms with Gasteiger partial charge in [-0.15, -0.1) is 11.3 Å². The lowest BCUT2D eigenvalue weighted by molar-refractivity contribution is 0.103. The smallest absolute Gasteiger partial charge is 0.265 e. The monoisotopic (exact) mass is 389 g/mol. The van der Waals surface area contributed by atoms with E-state index in [-0.39, 0.29) is 11.3 Å². The number of anilines is 1. The Bertz CT molecular complexity index is 1190. The lowest BCUT2D eigenvalue weighted by Gasteiger charge is -2.08. The Labute approximate surface area is 166 Å². The summed E-state index contributed by atoms with van der Waals surface area (Å²) in [7, 11) is 0. The van der Waals surface area contributed by atoms with Gasteiger partial charge in [0.2, 0.25) is 0 Å². The minimum Gasteiger partial charge on any atom is -0.456 e. The number of hydrogen-bond donors (Lipinski definition) is 1. The summed E-state index contributed by atoms with van der Waals surface area (Å²) in [6, 6.07) is 18.2. The van der Waals surface area contributed by atoms with Crippen molar-refractivity contribution in [2.24, 2.45) is 0 Å². The quantitative estimate of drug-likeness (QED) is 0.473. The second-order valence-electron chi connectivity index (χ2n) is 6.89. The number of rotatable bonds is 4. The largest absolute Gasteiger partial charge is 0.456 e. The highest BCUT2D eigenvalue weighted by Crippen LogP contribution is 2.26. The fraction of sp³-hybridized carbons (Fsp3) is 0.130. The maximum Gasteiger partial charge on any atom is 0.265 e. The molecule has 1 amide bonds. The molecule has 5 heteroatoms. The molecule has 28 heavy (non-hydrogen) atoms. The van der Waals surface area contributed by atoms with Gasteiger partial charge in [-0.25, -0.2) is 0 Å². The van der Waals surface area contributed by atoms with Crippen molar-refractivity contribution >= 4 is 33.9 Å². The van der Waals surface area contributed by atoms with E-state index in [1.807, 2.05) is 35.7 Å². The minimum absolute atomic E-state index is 0.142. The van der Waals surface area contributed by atoms with Crippen molar-refractivity contribution in [1.29, 1.82) is 0 Å². The van der Waals surface area contributed by atoms with Gasteiger partial charge in [0.25, 0.3) is 5.91 Å². The number of carbonyl (C=O) groups is 1. The third-order valence-electron chi connectivity index (χ3n) is 4.59. The highest BCUT2D eigenvalue weighted by molar-refractivity contribution is 7.12. The molecule has 0 radical (unpaired) electrons. The van der Waals surface area contributed by atoms with E-state index in [0.29, 0.717) is 33.2 Å². The van der Waals surface area contributed by atoms with Gasteiger partial charge in [0.1, 0.15) is 11.3 Å². The van der Waals surface area contributed by atoms with Gasteiger partial charge in [-0.1, -0.05) is 44.2 Å². The molecule has 0 bridgehead atoms. The molecule has 0 fully saturated rings. The molecule has 2 aromatic carbocycles. The predicted octanol–water partition coefficient (Wildman–Crippen LogP) is 5.90. The van der Waals surface area contributed by atoms with Crippen LogP contribution in [0.1, 0.15) is 35.0 Å². The van der Waals surface area contributed by atoms with Crippen molar-refractivity contribution < 1.29 is 9.21 Å². The normalized spacial score (nSPS) is 11.1. The minimum atomic E-state index is -0.194. The molecule has 0 saturated heterocycles. The highest BCUT2D eigenvalue weighted by atomic mass is 32.1. The number of fused-ring (bicyclic) bond motifs is 1.